The minimum absolute atomic E-state index is 0.0824. The zero-order valence-electron chi connectivity index (χ0n) is 13.7. The van der Waals surface area contributed by atoms with E-state index >= 15 is 0 Å². The van der Waals surface area contributed by atoms with Crippen molar-refractivity contribution in [3.05, 3.63) is 76.7 Å². The summed E-state index contributed by atoms with van der Waals surface area (Å²) in [6.45, 7) is -2.90. The molecule has 5 nitrogen and oxygen atoms in total. The SMILES string of the molecule is O=C(Nc1ccn(Cc2c(F)cccc2Cl)n1)c1cccc(OC(F)F)c1. The van der Waals surface area contributed by atoms with E-state index in [4.69, 9.17) is 11.6 Å². The van der Waals surface area contributed by atoms with Crippen LogP contribution in [0, 0.1) is 5.82 Å². The van der Waals surface area contributed by atoms with Crippen LogP contribution in [0.5, 0.6) is 5.75 Å². The van der Waals surface area contributed by atoms with Gasteiger partial charge in [0.05, 0.1) is 6.54 Å². The van der Waals surface area contributed by atoms with E-state index in [0.717, 1.165) is 0 Å². The van der Waals surface area contributed by atoms with Gasteiger partial charge in [-0.3, -0.25) is 9.48 Å². The number of hydrogen-bond acceptors (Lipinski definition) is 3. The standard InChI is InChI=1S/C18H13ClF3N3O2/c19-14-5-2-6-15(20)13(14)10-25-8-7-16(24-25)23-17(26)11-3-1-4-12(9-11)27-18(21)22/h1-9,18H,10H2,(H,23,24,26). The lowest BCUT2D eigenvalue weighted by molar-refractivity contribution is -0.0498. The summed E-state index contributed by atoms with van der Waals surface area (Å²) in [5, 5.41) is 6.94. The summed E-state index contributed by atoms with van der Waals surface area (Å²) in [4.78, 5) is 12.2. The third kappa shape index (κ3) is 4.79. The maximum absolute atomic E-state index is 13.8. The molecule has 0 aliphatic heterocycles. The fraction of sp³-hybridized carbons (Fsp3) is 0.111. The van der Waals surface area contributed by atoms with Crippen molar-refractivity contribution < 1.29 is 22.7 Å². The minimum atomic E-state index is -2.98. The van der Waals surface area contributed by atoms with Gasteiger partial charge in [0.15, 0.2) is 5.82 Å². The molecule has 3 aromatic rings. The number of anilines is 1. The highest BCUT2D eigenvalue weighted by molar-refractivity contribution is 6.31. The molecule has 3 rings (SSSR count). The number of carbonyl (C=O) groups excluding carboxylic acids is 1. The lowest BCUT2D eigenvalue weighted by Crippen LogP contribution is -2.13. The van der Waals surface area contributed by atoms with Crippen molar-refractivity contribution in [1.82, 2.24) is 9.78 Å². The first-order valence-electron chi connectivity index (χ1n) is 7.75. The zero-order chi connectivity index (χ0) is 19.4. The average Bonchev–Trinajstić information content (AvgIpc) is 3.05. The molecule has 0 atom stereocenters. The van der Waals surface area contributed by atoms with Crippen LogP contribution in [0.1, 0.15) is 15.9 Å². The normalized spacial score (nSPS) is 10.9. The van der Waals surface area contributed by atoms with Crippen molar-refractivity contribution in [3.8, 4) is 5.75 Å². The van der Waals surface area contributed by atoms with Crippen molar-refractivity contribution in [2.45, 2.75) is 13.2 Å². The van der Waals surface area contributed by atoms with Crippen molar-refractivity contribution in [1.29, 1.82) is 0 Å². The van der Waals surface area contributed by atoms with Gasteiger partial charge < -0.3 is 10.1 Å². The lowest BCUT2D eigenvalue weighted by Gasteiger charge is -2.07. The van der Waals surface area contributed by atoms with Gasteiger partial charge in [0.25, 0.3) is 5.91 Å². The summed E-state index contributed by atoms with van der Waals surface area (Å²) in [6.07, 6.45) is 1.55. The predicted molar refractivity (Wildman–Crippen MR) is 93.8 cm³/mol. The molecule has 0 spiro atoms. The number of carbonyl (C=O) groups is 1. The number of benzene rings is 2. The highest BCUT2D eigenvalue weighted by Crippen LogP contribution is 2.21. The number of rotatable bonds is 6. The van der Waals surface area contributed by atoms with Gasteiger partial charge in [-0.1, -0.05) is 23.7 Å². The summed E-state index contributed by atoms with van der Waals surface area (Å²) in [6, 6.07) is 11.3. The van der Waals surface area contributed by atoms with Gasteiger partial charge in [-0.25, -0.2) is 4.39 Å². The summed E-state index contributed by atoms with van der Waals surface area (Å²) in [5.74, 6) is -0.923. The van der Waals surface area contributed by atoms with E-state index in [9.17, 15) is 18.0 Å². The fourth-order valence-corrected chi connectivity index (χ4v) is 2.59. The summed E-state index contributed by atoms with van der Waals surface area (Å²) in [5.41, 5.74) is 0.400. The highest BCUT2D eigenvalue weighted by Gasteiger charge is 2.12. The summed E-state index contributed by atoms with van der Waals surface area (Å²) in [7, 11) is 0. The van der Waals surface area contributed by atoms with Crippen LogP contribution in [0.3, 0.4) is 0 Å². The number of ether oxygens (including phenoxy) is 1. The van der Waals surface area contributed by atoms with Crippen LogP contribution >= 0.6 is 11.6 Å². The van der Waals surface area contributed by atoms with Crippen LogP contribution in [0.2, 0.25) is 5.02 Å². The molecule has 1 N–H and O–H groups in total. The number of amides is 1. The topological polar surface area (TPSA) is 56.2 Å². The molecule has 0 aliphatic rings. The first-order chi connectivity index (χ1) is 12.9. The van der Waals surface area contributed by atoms with Gasteiger partial charge in [-0.05, 0) is 30.3 Å². The molecule has 0 aliphatic carbocycles. The lowest BCUT2D eigenvalue weighted by atomic mass is 10.2. The summed E-state index contributed by atoms with van der Waals surface area (Å²) >= 11 is 5.99. The van der Waals surface area contributed by atoms with Crippen LogP contribution in [0.25, 0.3) is 0 Å². The van der Waals surface area contributed by atoms with Crippen molar-refractivity contribution >= 4 is 23.3 Å². The molecule has 0 unspecified atom stereocenters. The van der Waals surface area contributed by atoms with Crippen LogP contribution in [-0.2, 0) is 6.54 Å². The molecular formula is C18H13ClF3N3O2. The number of alkyl halides is 2. The Morgan fingerprint density at radius 2 is 2.00 bits per heavy atom. The molecule has 1 amide bonds. The molecule has 27 heavy (non-hydrogen) atoms. The minimum Gasteiger partial charge on any atom is -0.435 e. The van der Waals surface area contributed by atoms with Gasteiger partial charge in [-0.15, -0.1) is 0 Å². The Morgan fingerprint density at radius 1 is 1.22 bits per heavy atom. The fourth-order valence-electron chi connectivity index (χ4n) is 2.36. The monoisotopic (exact) mass is 395 g/mol. The Labute approximate surface area is 157 Å². The molecule has 2 aromatic carbocycles. The molecule has 0 radical (unpaired) electrons. The van der Waals surface area contributed by atoms with Crippen LogP contribution in [-0.4, -0.2) is 22.3 Å². The Hall–Kier alpha value is -3.00. The van der Waals surface area contributed by atoms with E-state index in [-0.39, 0.29) is 34.3 Å². The zero-order valence-corrected chi connectivity index (χ0v) is 14.5. The smallest absolute Gasteiger partial charge is 0.387 e. The van der Waals surface area contributed by atoms with E-state index in [2.05, 4.69) is 15.2 Å². The van der Waals surface area contributed by atoms with Gasteiger partial charge in [0, 0.05) is 28.4 Å². The summed E-state index contributed by atoms with van der Waals surface area (Å²) < 4.78 is 44.1. The van der Waals surface area contributed by atoms with Crippen molar-refractivity contribution in [3.63, 3.8) is 0 Å². The van der Waals surface area contributed by atoms with E-state index < -0.39 is 18.3 Å². The quantitative estimate of drug-likeness (QED) is 0.664. The Morgan fingerprint density at radius 3 is 2.74 bits per heavy atom. The second-order valence-electron chi connectivity index (χ2n) is 5.46. The van der Waals surface area contributed by atoms with E-state index in [1.165, 1.54) is 47.1 Å². The van der Waals surface area contributed by atoms with Gasteiger partial charge in [0.1, 0.15) is 11.6 Å². The first kappa shape index (κ1) is 18.8. The maximum atomic E-state index is 13.8. The average molecular weight is 396 g/mol. The molecule has 140 valence electrons. The molecule has 0 saturated carbocycles. The Kier molecular flexibility index (Phi) is 5.66. The van der Waals surface area contributed by atoms with Gasteiger partial charge in [-0.2, -0.15) is 13.9 Å². The van der Waals surface area contributed by atoms with Gasteiger partial charge in [0.2, 0.25) is 0 Å². The third-order valence-electron chi connectivity index (χ3n) is 3.59. The first-order valence-corrected chi connectivity index (χ1v) is 8.13. The number of halogens is 4. The van der Waals surface area contributed by atoms with E-state index in [1.807, 2.05) is 0 Å². The molecule has 0 fully saturated rings. The molecule has 0 bridgehead atoms. The second kappa shape index (κ2) is 8.13. The van der Waals surface area contributed by atoms with Crippen LogP contribution < -0.4 is 10.1 Å². The number of nitrogens with zero attached hydrogens (tertiary/aromatic N) is 2. The second-order valence-corrected chi connectivity index (χ2v) is 5.87. The number of hydrogen-bond donors (Lipinski definition) is 1. The number of aromatic nitrogens is 2. The molecule has 1 heterocycles. The van der Waals surface area contributed by atoms with Crippen LogP contribution in [0.15, 0.2) is 54.7 Å². The molecule has 0 saturated heterocycles. The number of nitrogens with one attached hydrogen (secondary N) is 1. The Bertz CT molecular complexity index is 942. The third-order valence-corrected chi connectivity index (χ3v) is 3.94. The Balaban J connectivity index is 1.70. The van der Waals surface area contributed by atoms with Crippen LogP contribution in [0.4, 0.5) is 19.0 Å². The molecular weight excluding hydrogens is 383 g/mol. The van der Waals surface area contributed by atoms with Crippen molar-refractivity contribution in [2.24, 2.45) is 0 Å². The van der Waals surface area contributed by atoms with E-state index in [1.54, 1.807) is 12.3 Å². The highest BCUT2D eigenvalue weighted by atomic mass is 35.5. The largest absolute Gasteiger partial charge is 0.435 e. The van der Waals surface area contributed by atoms with Crippen molar-refractivity contribution in [2.75, 3.05) is 5.32 Å². The molecule has 1 aromatic heterocycles. The predicted octanol–water partition coefficient (Wildman–Crippen LogP) is 4.58. The van der Waals surface area contributed by atoms with Gasteiger partial charge >= 0.3 is 6.61 Å². The van der Waals surface area contributed by atoms with E-state index in [0.29, 0.717) is 0 Å². The maximum Gasteiger partial charge on any atom is 0.387 e. The molecule has 9 heteroatoms.